The monoisotopic (exact) mass is 522 g/mol. The van der Waals surface area contributed by atoms with E-state index < -0.39 is 0 Å². The first-order chi connectivity index (χ1) is 14.4. The van der Waals surface area contributed by atoms with Crippen LogP contribution in [0.4, 0.5) is 0 Å². The van der Waals surface area contributed by atoms with Crippen molar-refractivity contribution in [1.29, 1.82) is 0 Å². The van der Waals surface area contributed by atoms with Gasteiger partial charge in [-0.05, 0) is 101 Å². The largest absolute Gasteiger partial charge is 0.0625 e. The molecule has 0 nitrogen and oxygen atoms in total. The molecule has 0 heterocycles. The average Bonchev–Trinajstić information content (AvgIpc) is 2.70. The van der Waals surface area contributed by atoms with Crippen molar-refractivity contribution >= 4 is 53.4 Å². The van der Waals surface area contributed by atoms with Gasteiger partial charge in [0.15, 0.2) is 0 Å². The summed E-state index contributed by atoms with van der Waals surface area (Å²) in [6.45, 7) is 9.15. The summed E-state index contributed by atoms with van der Waals surface area (Å²) in [6.07, 6.45) is 2.11. The van der Waals surface area contributed by atoms with E-state index in [9.17, 15) is 0 Å². The number of rotatable bonds is 5. The fourth-order valence-corrected chi connectivity index (χ4v) is 5.80. The van der Waals surface area contributed by atoms with Crippen molar-refractivity contribution in [3.05, 3.63) is 80.7 Å². The molecule has 0 atom stereocenters. The lowest BCUT2D eigenvalue weighted by Gasteiger charge is -2.21. The van der Waals surface area contributed by atoms with Crippen LogP contribution in [0.5, 0.6) is 0 Å². The molecule has 0 unspecified atom stereocenters. The molecule has 0 radical (unpaired) electrons. The summed E-state index contributed by atoms with van der Waals surface area (Å²) in [7, 11) is 0. The maximum Gasteiger partial charge on any atom is 0.0292 e. The molecule has 0 fully saturated rings. The standard InChI is InChI=1S/C28H28Br2/c1-17(2)13-21-15-19-9-5-7-11-23(19)25(27(21)29)26-24-12-8-6-10-20(24)16-22(28(26)30)14-18(3)4/h5-12,15-18H,13-14H2,1-4H3. The second-order valence-electron chi connectivity index (χ2n) is 9.09. The zero-order valence-electron chi connectivity index (χ0n) is 18.1. The highest BCUT2D eigenvalue weighted by atomic mass is 79.9. The summed E-state index contributed by atoms with van der Waals surface area (Å²) in [4.78, 5) is 0. The van der Waals surface area contributed by atoms with Gasteiger partial charge in [0.1, 0.15) is 0 Å². The SMILES string of the molecule is CC(C)Cc1cc2ccccc2c(-c2c(Br)c(CC(C)C)cc3ccccc23)c1Br. The molecular formula is C28H28Br2. The molecule has 0 spiro atoms. The van der Waals surface area contributed by atoms with Crippen LogP contribution in [0.2, 0.25) is 0 Å². The number of hydrogen-bond acceptors (Lipinski definition) is 0. The first-order valence-corrected chi connectivity index (χ1v) is 12.4. The fraction of sp³-hybridized carbons (Fsp3) is 0.286. The molecule has 0 aliphatic heterocycles. The van der Waals surface area contributed by atoms with Crippen LogP contribution in [0.25, 0.3) is 32.7 Å². The minimum absolute atomic E-state index is 0.600. The quantitative estimate of drug-likeness (QED) is 0.244. The van der Waals surface area contributed by atoms with Crippen LogP contribution in [0.15, 0.2) is 69.6 Å². The molecule has 2 heteroatoms. The Kier molecular flexibility index (Phi) is 6.36. The van der Waals surface area contributed by atoms with Crippen molar-refractivity contribution in [2.75, 3.05) is 0 Å². The van der Waals surface area contributed by atoms with E-state index in [1.54, 1.807) is 0 Å². The van der Waals surface area contributed by atoms with E-state index in [1.165, 1.54) is 52.7 Å². The molecule has 4 aromatic rings. The fourth-order valence-electron chi connectivity index (χ4n) is 4.43. The molecule has 0 amide bonds. The van der Waals surface area contributed by atoms with Crippen LogP contribution in [0.1, 0.15) is 38.8 Å². The zero-order chi connectivity index (χ0) is 21.4. The van der Waals surface area contributed by atoms with E-state index in [0.717, 1.165) is 12.8 Å². The van der Waals surface area contributed by atoms with Gasteiger partial charge in [-0.1, -0.05) is 76.2 Å². The van der Waals surface area contributed by atoms with Gasteiger partial charge < -0.3 is 0 Å². The van der Waals surface area contributed by atoms with Crippen LogP contribution in [-0.4, -0.2) is 0 Å². The third-order valence-corrected chi connectivity index (χ3v) is 7.44. The topological polar surface area (TPSA) is 0 Å². The lowest BCUT2D eigenvalue weighted by atomic mass is 9.88. The predicted octanol–water partition coefficient (Wildman–Crippen LogP) is 9.58. The number of hydrogen-bond donors (Lipinski definition) is 0. The molecule has 0 saturated carbocycles. The molecule has 0 bridgehead atoms. The summed E-state index contributed by atoms with van der Waals surface area (Å²) in [5.74, 6) is 1.20. The van der Waals surface area contributed by atoms with Crippen LogP contribution < -0.4 is 0 Å². The Bertz CT molecular complexity index is 1120. The minimum atomic E-state index is 0.600. The molecule has 0 aromatic heterocycles. The van der Waals surface area contributed by atoms with Crippen molar-refractivity contribution in [1.82, 2.24) is 0 Å². The van der Waals surface area contributed by atoms with Gasteiger partial charge in [0.25, 0.3) is 0 Å². The van der Waals surface area contributed by atoms with Crippen LogP contribution in [-0.2, 0) is 12.8 Å². The van der Waals surface area contributed by atoms with Gasteiger partial charge >= 0.3 is 0 Å². The van der Waals surface area contributed by atoms with E-state index in [1.807, 2.05) is 0 Å². The Labute approximate surface area is 197 Å². The van der Waals surface area contributed by atoms with Crippen molar-refractivity contribution in [3.8, 4) is 11.1 Å². The van der Waals surface area contributed by atoms with E-state index >= 15 is 0 Å². The maximum atomic E-state index is 4.04. The molecule has 4 rings (SSSR count). The Morgan fingerprint density at radius 2 is 0.967 bits per heavy atom. The summed E-state index contributed by atoms with van der Waals surface area (Å²) < 4.78 is 2.45. The van der Waals surface area contributed by atoms with Crippen LogP contribution in [0, 0.1) is 11.8 Å². The molecular weight excluding hydrogens is 496 g/mol. The Balaban J connectivity index is 2.14. The summed E-state index contributed by atoms with van der Waals surface area (Å²) in [6, 6.07) is 22.3. The van der Waals surface area contributed by atoms with Gasteiger partial charge in [-0.25, -0.2) is 0 Å². The van der Waals surface area contributed by atoms with Gasteiger partial charge in [0.2, 0.25) is 0 Å². The normalized spacial score (nSPS) is 11.9. The van der Waals surface area contributed by atoms with Crippen molar-refractivity contribution in [2.24, 2.45) is 11.8 Å². The summed E-state index contributed by atoms with van der Waals surface area (Å²) >= 11 is 8.08. The van der Waals surface area contributed by atoms with Gasteiger partial charge in [0, 0.05) is 20.1 Å². The number of halogens is 2. The lowest BCUT2D eigenvalue weighted by molar-refractivity contribution is 0.645. The third kappa shape index (κ3) is 4.09. The highest BCUT2D eigenvalue weighted by Gasteiger charge is 2.20. The predicted molar refractivity (Wildman–Crippen MR) is 139 cm³/mol. The Hall–Kier alpha value is -1.64. The molecule has 0 N–H and O–H groups in total. The van der Waals surface area contributed by atoms with Gasteiger partial charge in [-0.3, -0.25) is 0 Å². The zero-order valence-corrected chi connectivity index (χ0v) is 21.3. The molecule has 30 heavy (non-hydrogen) atoms. The van der Waals surface area contributed by atoms with Crippen molar-refractivity contribution in [2.45, 2.75) is 40.5 Å². The van der Waals surface area contributed by atoms with Crippen molar-refractivity contribution in [3.63, 3.8) is 0 Å². The first-order valence-electron chi connectivity index (χ1n) is 10.8. The number of benzene rings is 4. The van der Waals surface area contributed by atoms with E-state index in [2.05, 4.69) is 120 Å². The van der Waals surface area contributed by atoms with Crippen LogP contribution in [0.3, 0.4) is 0 Å². The van der Waals surface area contributed by atoms with Gasteiger partial charge in [0.05, 0.1) is 0 Å². The van der Waals surface area contributed by atoms with Crippen molar-refractivity contribution < 1.29 is 0 Å². The molecule has 154 valence electrons. The first kappa shape index (κ1) is 21.6. The summed E-state index contributed by atoms with van der Waals surface area (Å²) in [5, 5.41) is 5.20. The highest BCUT2D eigenvalue weighted by molar-refractivity contribution is 9.11. The number of fused-ring (bicyclic) bond motifs is 2. The van der Waals surface area contributed by atoms with E-state index in [4.69, 9.17) is 0 Å². The van der Waals surface area contributed by atoms with E-state index in [-0.39, 0.29) is 0 Å². The molecule has 0 saturated heterocycles. The summed E-state index contributed by atoms with van der Waals surface area (Å²) in [5.41, 5.74) is 5.36. The third-order valence-electron chi connectivity index (χ3n) is 5.63. The van der Waals surface area contributed by atoms with E-state index in [0.29, 0.717) is 11.8 Å². The molecule has 0 aliphatic carbocycles. The van der Waals surface area contributed by atoms with Gasteiger partial charge in [-0.2, -0.15) is 0 Å². The lowest BCUT2D eigenvalue weighted by Crippen LogP contribution is -2.01. The smallest absolute Gasteiger partial charge is 0.0292 e. The molecule has 4 aromatic carbocycles. The second kappa shape index (κ2) is 8.85. The average molecular weight is 524 g/mol. The van der Waals surface area contributed by atoms with Crippen LogP contribution >= 0.6 is 31.9 Å². The highest BCUT2D eigenvalue weighted by Crippen LogP contribution is 2.46. The molecule has 0 aliphatic rings. The Morgan fingerprint density at radius 3 is 1.33 bits per heavy atom. The Morgan fingerprint density at radius 1 is 0.600 bits per heavy atom. The second-order valence-corrected chi connectivity index (χ2v) is 10.7. The maximum absolute atomic E-state index is 4.04. The minimum Gasteiger partial charge on any atom is -0.0625 e. The van der Waals surface area contributed by atoms with Gasteiger partial charge in [-0.15, -0.1) is 0 Å².